The molecule has 8 heteroatoms. The van der Waals surface area contributed by atoms with Crippen LogP contribution in [-0.4, -0.2) is 52.0 Å². The number of aromatic nitrogens is 3. The molecule has 1 unspecified atom stereocenters. The maximum atomic E-state index is 12.5. The summed E-state index contributed by atoms with van der Waals surface area (Å²) < 4.78 is 10.8. The van der Waals surface area contributed by atoms with Gasteiger partial charge in [0.1, 0.15) is 6.10 Å². The lowest BCUT2D eigenvalue weighted by Gasteiger charge is -2.33. The monoisotopic (exact) mass is 358 g/mol. The topological polar surface area (TPSA) is 101 Å². The number of ether oxygens (including phenoxy) is 1. The molecular formula is C18H22N4O4. The maximum absolute atomic E-state index is 12.5. The van der Waals surface area contributed by atoms with Crippen molar-refractivity contribution in [1.29, 1.82) is 0 Å². The molecule has 1 atom stereocenters. The number of carbonyl (C=O) groups excluding carboxylic acids is 1. The third-order valence-electron chi connectivity index (χ3n) is 5.13. The minimum absolute atomic E-state index is 0.0986. The number of carbonyl (C=O) groups is 1. The van der Waals surface area contributed by atoms with Gasteiger partial charge in [-0.15, -0.1) is 0 Å². The fourth-order valence-corrected chi connectivity index (χ4v) is 3.76. The molecule has 2 aliphatic rings. The highest BCUT2D eigenvalue weighted by molar-refractivity contribution is 5.81. The van der Waals surface area contributed by atoms with Crippen LogP contribution in [0.15, 0.2) is 21.5 Å². The van der Waals surface area contributed by atoms with Gasteiger partial charge in [-0.3, -0.25) is 9.59 Å². The van der Waals surface area contributed by atoms with Crippen LogP contribution >= 0.6 is 0 Å². The smallest absolute Gasteiger partial charge is 0.264 e. The largest absolute Gasteiger partial charge is 0.368 e. The highest BCUT2D eigenvalue weighted by Gasteiger charge is 2.32. The van der Waals surface area contributed by atoms with Crippen molar-refractivity contribution in [2.75, 3.05) is 19.7 Å². The Bertz CT molecular complexity index is 845. The normalized spacial score (nSPS) is 21.3. The summed E-state index contributed by atoms with van der Waals surface area (Å²) in [5, 5.41) is 10.7. The number of nitrogens with one attached hydrogen (secondary N) is 1. The Kier molecular flexibility index (Phi) is 4.58. The highest BCUT2D eigenvalue weighted by Crippen LogP contribution is 2.33. The molecule has 2 aromatic heterocycles. The lowest BCUT2D eigenvalue weighted by molar-refractivity contribution is -0.142. The van der Waals surface area contributed by atoms with Crippen LogP contribution in [0.1, 0.15) is 43.0 Å². The molecule has 0 saturated carbocycles. The summed E-state index contributed by atoms with van der Waals surface area (Å²) >= 11 is 0. The molecule has 4 rings (SSSR count). The highest BCUT2D eigenvalue weighted by atomic mass is 16.5. The van der Waals surface area contributed by atoms with Crippen molar-refractivity contribution < 1.29 is 14.1 Å². The van der Waals surface area contributed by atoms with Crippen LogP contribution in [0.25, 0.3) is 11.3 Å². The standard InChI is InChI=1S/C18H22N4O4/c1-11-9-15(26-21-11)13-10-16(23)19-20-17(13)12-4-6-22(7-5-12)18(24)14-3-2-8-25-14/h9-10,12,14H,2-8H2,1H3,(H,19,23). The number of aryl methyl sites for hydroxylation is 1. The molecule has 138 valence electrons. The molecule has 4 heterocycles. The first-order valence-corrected chi connectivity index (χ1v) is 9.05. The van der Waals surface area contributed by atoms with Crippen LogP contribution in [0.4, 0.5) is 0 Å². The van der Waals surface area contributed by atoms with Crippen molar-refractivity contribution >= 4 is 5.91 Å². The van der Waals surface area contributed by atoms with Crippen molar-refractivity contribution in [1.82, 2.24) is 20.3 Å². The number of hydrogen-bond acceptors (Lipinski definition) is 6. The Balaban J connectivity index is 1.51. The number of amides is 1. The van der Waals surface area contributed by atoms with Crippen LogP contribution in [0, 0.1) is 6.92 Å². The average molecular weight is 358 g/mol. The number of piperidine rings is 1. The van der Waals surface area contributed by atoms with Crippen LogP contribution in [0.2, 0.25) is 0 Å². The Hall–Kier alpha value is -2.48. The molecule has 0 bridgehead atoms. The van der Waals surface area contributed by atoms with Crippen molar-refractivity contribution in [3.05, 3.63) is 33.9 Å². The first-order valence-electron chi connectivity index (χ1n) is 9.05. The summed E-state index contributed by atoms with van der Waals surface area (Å²) in [7, 11) is 0. The summed E-state index contributed by atoms with van der Waals surface area (Å²) in [6.07, 6.45) is 3.07. The van der Waals surface area contributed by atoms with E-state index in [2.05, 4.69) is 15.4 Å². The van der Waals surface area contributed by atoms with E-state index in [0.717, 1.165) is 37.1 Å². The minimum atomic E-state index is -0.274. The van der Waals surface area contributed by atoms with E-state index >= 15 is 0 Å². The predicted molar refractivity (Wildman–Crippen MR) is 92.6 cm³/mol. The molecule has 2 fully saturated rings. The van der Waals surface area contributed by atoms with Gasteiger partial charge in [-0.1, -0.05) is 5.16 Å². The second-order valence-corrected chi connectivity index (χ2v) is 6.96. The lowest BCUT2D eigenvalue weighted by Crippen LogP contribution is -2.43. The average Bonchev–Trinajstić information content (AvgIpc) is 3.33. The summed E-state index contributed by atoms with van der Waals surface area (Å²) in [6.45, 7) is 3.84. The first-order chi connectivity index (χ1) is 12.6. The van der Waals surface area contributed by atoms with Crippen LogP contribution < -0.4 is 5.56 Å². The van der Waals surface area contributed by atoms with Gasteiger partial charge in [-0.05, 0) is 32.6 Å². The number of likely N-dealkylation sites (tertiary alicyclic amines) is 1. The zero-order valence-corrected chi connectivity index (χ0v) is 14.7. The minimum Gasteiger partial charge on any atom is -0.368 e. The molecule has 8 nitrogen and oxygen atoms in total. The van der Waals surface area contributed by atoms with Gasteiger partial charge in [0.15, 0.2) is 5.76 Å². The van der Waals surface area contributed by atoms with E-state index in [-0.39, 0.29) is 23.5 Å². The van der Waals surface area contributed by atoms with Gasteiger partial charge in [0, 0.05) is 43.3 Å². The van der Waals surface area contributed by atoms with E-state index in [1.165, 1.54) is 6.07 Å². The molecule has 26 heavy (non-hydrogen) atoms. The molecule has 0 aromatic carbocycles. The van der Waals surface area contributed by atoms with Gasteiger partial charge in [-0.25, -0.2) is 5.10 Å². The van der Waals surface area contributed by atoms with Crippen molar-refractivity contribution in [3.63, 3.8) is 0 Å². The van der Waals surface area contributed by atoms with Gasteiger partial charge in [-0.2, -0.15) is 5.10 Å². The van der Waals surface area contributed by atoms with Gasteiger partial charge in [0.25, 0.3) is 11.5 Å². The molecule has 2 saturated heterocycles. The SMILES string of the molecule is Cc1cc(-c2cc(=O)[nH]nc2C2CCN(C(=O)C3CCCO3)CC2)on1. The van der Waals surface area contributed by atoms with Gasteiger partial charge in [0.05, 0.1) is 11.4 Å². The zero-order chi connectivity index (χ0) is 18.1. The third-order valence-corrected chi connectivity index (χ3v) is 5.13. The maximum Gasteiger partial charge on any atom is 0.264 e. The molecule has 1 amide bonds. The van der Waals surface area contributed by atoms with Crippen molar-refractivity contribution in [2.24, 2.45) is 0 Å². The molecule has 0 radical (unpaired) electrons. The third kappa shape index (κ3) is 3.29. The number of rotatable bonds is 3. The predicted octanol–water partition coefficient (Wildman–Crippen LogP) is 1.62. The molecule has 0 aliphatic carbocycles. The summed E-state index contributed by atoms with van der Waals surface area (Å²) in [5.41, 5.74) is 1.95. The van der Waals surface area contributed by atoms with Gasteiger partial charge in [0.2, 0.25) is 0 Å². The lowest BCUT2D eigenvalue weighted by atomic mass is 9.90. The molecular weight excluding hydrogens is 336 g/mol. The zero-order valence-electron chi connectivity index (χ0n) is 14.7. The van der Waals surface area contributed by atoms with E-state index < -0.39 is 0 Å². The number of H-pyrrole nitrogens is 1. The quantitative estimate of drug-likeness (QED) is 0.895. The summed E-state index contributed by atoms with van der Waals surface area (Å²) in [6, 6.07) is 3.31. The van der Waals surface area contributed by atoms with E-state index in [1.807, 2.05) is 11.8 Å². The van der Waals surface area contributed by atoms with Gasteiger partial charge < -0.3 is 14.2 Å². The fourth-order valence-electron chi connectivity index (χ4n) is 3.76. The van der Waals surface area contributed by atoms with Crippen LogP contribution in [-0.2, 0) is 9.53 Å². The van der Waals surface area contributed by atoms with E-state index in [1.54, 1.807) is 6.07 Å². The number of nitrogens with zero attached hydrogens (tertiary/aromatic N) is 3. The molecule has 2 aliphatic heterocycles. The van der Waals surface area contributed by atoms with E-state index in [4.69, 9.17) is 9.26 Å². The van der Waals surface area contributed by atoms with Crippen molar-refractivity contribution in [3.8, 4) is 11.3 Å². The molecule has 2 aromatic rings. The number of hydrogen-bond donors (Lipinski definition) is 1. The summed E-state index contributed by atoms with van der Waals surface area (Å²) in [5.74, 6) is 0.802. The second kappa shape index (κ2) is 7.03. The van der Waals surface area contributed by atoms with Crippen molar-refractivity contribution in [2.45, 2.75) is 44.6 Å². The first kappa shape index (κ1) is 17.0. The second-order valence-electron chi connectivity index (χ2n) is 6.96. The van der Waals surface area contributed by atoms with E-state index in [0.29, 0.717) is 31.0 Å². The number of aromatic amines is 1. The van der Waals surface area contributed by atoms with Crippen LogP contribution in [0.5, 0.6) is 0 Å². The molecule has 1 N–H and O–H groups in total. The molecule has 0 spiro atoms. The Morgan fingerprint density at radius 1 is 1.27 bits per heavy atom. The van der Waals surface area contributed by atoms with Crippen LogP contribution in [0.3, 0.4) is 0 Å². The van der Waals surface area contributed by atoms with Gasteiger partial charge >= 0.3 is 0 Å². The Morgan fingerprint density at radius 3 is 2.73 bits per heavy atom. The van der Waals surface area contributed by atoms with E-state index in [9.17, 15) is 9.59 Å². The Labute approximate surface area is 150 Å². The summed E-state index contributed by atoms with van der Waals surface area (Å²) in [4.78, 5) is 26.1. The Morgan fingerprint density at radius 2 is 2.08 bits per heavy atom. The fraction of sp³-hybridized carbons (Fsp3) is 0.556.